The van der Waals surface area contributed by atoms with Crippen molar-refractivity contribution in [1.29, 1.82) is 0 Å². The summed E-state index contributed by atoms with van der Waals surface area (Å²) in [5.41, 5.74) is 1.15. The van der Waals surface area contributed by atoms with Gasteiger partial charge >= 0.3 is 0 Å². The first kappa shape index (κ1) is 9.90. The normalized spacial score (nSPS) is 20.1. The molecule has 0 N–H and O–H groups in total. The van der Waals surface area contributed by atoms with Crippen LogP contribution >= 0.6 is 11.8 Å². The van der Waals surface area contributed by atoms with Crippen LogP contribution in [-0.2, 0) is 0 Å². The summed E-state index contributed by atoms with van der Waals surface area (Å²) in [6.07, 6.45) is 8.86. The molecule has 16 heavy (non-hydrogen) atoms. The number of imidazole rings is 1. The van der Waals surface area contributed by atoms with E-state index in [1.165, 1.54) is 17.9 Å². The zero-order valence-corrected chi connectivity index (χ0v) is 9.73. The monoisotopic (exact) mass is 231 g/mol. The first-order valence-electron chi connectivity index (χ1n) is 5.46. The molecule has 1 saturated heterocycles. The third kappa shape index (κ3) is 1.73. The molecule has 0 saturated carbocycles. The zero-order valence-electron chi connectivity index (χ0n) is 8.91. The third-order valence-corrected chi connectivity index (χ3v) is 4.05. The van der Waals surface area contributed by atoms with Crippen LogP contribution in [0.3, 0.4) is 0 Å². The van der Waals surface area contributed by atoms with Crippen LogP contribution in [0.5, 0.6) is 0 Å². The van der Waals surface area contributed by atoms with Gasteiger partial charge < -0.3 is 4.57 Å². The Hall–Kier alpha value is -1.29. The van der Waals surface area contributed by atoms with Gasteiger partial charge in [-0.3, -0.25) is 4.98 Å². The maximum atomic E-state index is 4.46. The summed E-state index contributed by atoms with van der Waals surface area (Å²) in [4.78, 5) is 8.50. The summed E-state index contributed by atoms with van der Waals surface area (Å²) >= 11 is 2.02. The molecule has 0 amide bonds. The fraction of sp³-hybridized carbons (Fsp3) is 0.333. The van der Waals surface area contributed by atoms with E-state index in [-0.39, 0.29) is 0 Å². The van der Waals surface area contributed by atoms with E-state index < -0.39 is 0 Å². The minimum Gasteiger partial charge on any atom is -0.327 e. The fourth-order valence-electron chi connectivity index (χ4n) is 2.07. The molecule has 1 aliphatic rings. The number of rotatable bonds is 2. The van der Waals surface area contributed by atoms with E-state index in [4.69, 9.17) is 0 Å². The largest absolute Gasteiger partial charge is 0.327 e. The second-order valence-corrected chi connectivity index (χ2v) is 5.06. The van der Waals surface area contributed by atoms with E-state index in [1.807, 2.05) is 42.5 Å². The van der Waals surface area contributed by atoms with Gasteiger partial charge in [-0.05, 0) is 24.3 Å². The number of aromatic nitrogens is 3. The minimum atomic E-state index is 0.607. The van der Waals surface area contributed by atoms with Gasteiger partial charge in [0.05, 0.1) is 0 Å². The molecule has 2 aromatic heterocycles. The molecule has 4 heteroatoms. The Bertz CT molecular complexity index is 460. The predicted molar refractivity (Wildman–Crippen MR) is 66.4 cm³/mol. The van der Waals surface area contributed by atoms with Crippen LogP contribution in [0.4, 0.5) is 0 Å². The lowest BCUT2D eigenvalue weighted by molar-refractivity contribution is 0.565. The van der Waals surface area contributed by atoms with E-state index >= 15 is 0 Å². The lowest BCUT2D eigenvalue weighted by atomic mass is 10.2. The Kier molecular flexibility index (Phi) is 2.66. The first-order valence-corrected chi connectivity index (χ1v) is 6.61. The van der Waals surface area contributed by atoms with Gasteiger partial charge in [-0.2, -0.15) is 11.8 Å². The van der Waals surface area contributed by atoms with Crippen molar-refractivity contribution in [2.45, 2.75) is 12.5 Å². The summed E-state index contributed by atoms with van der Waals surface area (Å²) in [5.74, 6) is 3.53. The number of thioether (sulfide) groups is 1. The van der Waals surface area contributed by atoms with Crippen LogP contribution in [0.1, 0.15) is 12.5 Å². The van der Waals surface area contributed by atoms with E-state index in [2.05, 4.69) is 20.7 Å². The Morgan fingerprint density at radius 2 is 2.12 bits per heavy atom. The Morgan fingerprint density at radius 3 is 2.88 bits per heavy atom. The van der Waals surface area contributed by atoms with Crippen molar-refractivity contribution in [3.63, 3.8) is 0 Å². The van der Waals surface area contributed by atoms with Crippen LogP contribution < -0.4 is 0 Å². The van der Waals surface area contributed by atoms with E-state index in [0.717, 1.165) is 11.4 Å². The maximum Gasteiger partial charge on any atom is 0.140 e. The predicted octanol–water partition coefficient (Wildman–Crippen LogP) is 2.62. The lowest BCUT2D eigenvalue weighted by Gasteiger charge is -2.13. The van der Waals surface area contributed by atoms with E-state index in [0.29, 0.717) is 6.04 Å². The lowest BCUT2D eigenvalue weighted by Crippen LogP contribution is -2.08. The second-order valence-electron chi connectivity index (χ2n) is 3.91. The molecule has 3 rings (SSSR count). The van der Waals surface area contributed by atoms with Crippen molar-refractivity contribution in [2.24, 2.45) is 0 Å². The highest BCUT2D eigenvalue weighted by Crippen LogP contribution is 2.31. The summed E-state index contributed by atoms with van der Waals surface area (Å²) in [6.45, 7) is 0. The van der Waals surface area contributed by atoms with Gasteiger partial charge in [0.25, 0.3) is 0 Å². The molecule has 0 spiro atoms. The highest BCUT2D eigenvalue weighted by molar-refractivity contribution is 7.99. The standard InChI is InChI=1S/C12H13N3S/c1-4-13-5-2-10(1)12-14-6-7-15(12)11-3-8-16-9-11/h1-2,4-7,11H,3,8-9H2. The van der Waals surface area contributed by atoms with Crippen molar-refractivity contribution in [3.05, 3.63) is 36.9 Å². The van der Waals surface area contributed by atoms with Crippen LogP contribution in [0.2, 0.25) is 0 Å². The topological polar surface area (TPSA) is 30.7 Å². The van der Waals surface area contributed by atoms with E-state index in [9.17, 15) is 0 Å². The molecule has 1 fully saturated rings. The summed E-state index contributed by atoms with van der Waals surface area (Å²) in [6, 6.07) is 4.64. The van der Waals surface area contributed by atoms with Crippen LogP contribution in [0, 0.1) is 0 Å². The number of nitrogens with zero attached hydrogens (tertiary/aromatic N) is 3. The summed E-state index contributed by atoms with van der Waals surface area (Å²) in [7, 11) is 0. The Labute approximate surface area is 98.9 Å². The van der Waals surface area contributed by atoms with Crippen molar-refractivity contribution < 1.29 is 0 Å². The molecule has 0 aliphatic carbocycles. The molecule has 1 atom stereocenters. The van der Waals surface area contributed by atoms with Gasteiger partial charge in [-0.25, -0.2) is 4.98 Å². The van der Waals surface area contributed by atoms with Gasteiger partial charge in [0.1, 0.15) is 5.82 Å². The van der Waals surface area contributed by atoms with Gasteiger partial charge in [-0.15, -0.1) is 0 Å². The molecule has 82 valence electrons. The number of hydrogen-bond donors (Lipinski definition) is 0. The molecule has 3 heterocycles. The maximum absolute atomic E-state index is 4.46. The molecule has 0 bridgehead atoms. The van der Waals surface area contributed by atoms with Crippen LogP contribution in [0.15, 0.2) is 36.9 Å². The van der Waals surface area contributed by atoms with Crippen molar-refractivity contribution in [3.8, 4) is 11.4 Å². The van der Waals surface area contributed by atoms with Crippen molar-refractivity contribution >= 4 is 11.8 Å². The molecule has 1 unspecified atom stereocenters. The molecule has 3 nitrogen and oxygen atoms in total. The van der Waals surface area contributed by atoms with Gasteiger partial charge in [0.15, 0.2) is 0 Å². The molecule has 0 aromatic carbocycles. The van der Waals surface area contributed by atoms with Crippen LogP contribution in [0.25, 0.3) is 11.4 Å². The SMILES string of the molecule is c1cc(-c2nccn2C2CCSC2)ccn1. The minimum absolute atomic E-state index is 0.607. The zero-order chi connectivity index (χ0) is 10.8. The van der Waals surface area contributed by atoms with Crippen LogP contribution in [-0.4, -0.2) is 26.0 Å². The third-order valence-electron chi connectivity index (χ3n) is 2.91. The molecule has 0 radical (unpaired) electrons. The Balaban J connectivity index is 1.99. The highest BCUT2D eigenvalue weighted by Gasteiger charge is 2.19. The van der Waals surface area contributed by atoms with Crippen molar-refractivity contribution in [2.75, 3.05) is 11.5 Å². The summed E-state index contributed by atoms with van der Waals surface area (Å²) < 4.78 is 2.30. The fourth-order valence-corrected chi connectivity index (χ4v) is 3.28. The second kappa shape index (κ2) is 4.29. The molecular weight excluding hydrogens is 218 g/mol. The quantitative estimate of drug-likeness (QED) is 0.796. The van der Waals surface area contributed by atoms with E-state index in [1.54, 1.807) is 0 Å². The smallest absolute Gasteiger partial charge is 0.140 e. The number of hydrogen-bond acceptors (Lipinski definition) is 3. The highest BCUT2D eigenvalue weighted by atomic mass is 32.2. The average molecular weight is 231 g/mol. The molecule has 2 aromatic rings. The van der Waals surface area contributed by atoms with Gasteiger partial charge in [-0.1, -0.05) is 0 Å². The van der Waals surface area contributed by atoms with Crippen molar-refractivity contribution in [1.82, 2.24) is 14.5 Å². The molecular formula is C12H13N3S. The average Bonchev–Trinajstić information content (AvgIpc) is 3.01. The molecule has 1 aliphatic heterocycles. The number of pyridine rings is 1. The summed E-state index contributed by atoms with van der Waals surface area (Å²) in [5, 5.41) is 0. The Morgan fingerprint density at radius 1 is 1.25 bits per heavy atom. The van der Waals surface area contributed by atoms with Gasteiger partial charge in [0, 0.05) is 42.1 Å². The first-order chi connectivity index (χ1) is 7.95. The van der Waals surface area contributed by atoms with Gasteiger partial charge in [0.2, 0.25) is 0 Å².